The van der Waals surface area contributed by atoms with Crippen molar-refractivity contribution in [3.8, 4) is 0 Å². The molecule has 1 aliphatic rings. The summed E-state index contributed by atoms with van der Waals surface area (Å²) in [6.45, 7) is 6.89. The molecule has 7 nitrogen and oxygen atoms in total. The number of ether oxygens (including phenoxy) is 1. The molecule has 1 N–H and O–H groups in total. The Hall–Kier alpha value is -2.02. The van der Waals surface area contributed by atoms with Gasteiger partial charge in [-0.2, -0.15) is 0 Å². The normalized spacial score (nSPS) is 18.1. The fraction of sp³-hybridized carbons (Fsp3) is 0.571. The zero-order chi connectivity index (χ0) is 14.7. The van der Waals surface area contributed by atoms with Gasteiger partial charge >= 0.3 is 0 Å². The van der Waals surface area contributed by atoms with Gasteiger partial charge in [-0.15, -0.1) is 5.10 Å². The first-order chi connectivity index (χ1) is 10.3. The number of hydrogen-bond acceptors (Lipinski definition) is 6. The van der Waals surface area contributed by atoms with E-state index < -0.39 is 0 Å². The van der Waals surface area contributed by atoms with E-state index in [9.17, 15) is 0 Å². The largest absolute Gasteiger partial charge is 0.375 e. The van der Waals surface area contributed by atoms with Crippen LogP contribution in [-0.2, 0) is 24.3 Å². The lowest BCUT2D eigenvalue weighted by molar-refractivity contribution is 0.0976. The topological polar surface area (TPSA) is 77.8 Å². The molecule has 1 atom stereocenters. The summed E-state index contributed by atoms with van der Waals surface area (Å²) < 4.78 is 7.66. The van der Waals surface area contributed by atoms with Crippen molar-refractivity contribution < 1.29 is 4.74 Å². The molecule has 0 aliphatic carbocycles. The second-order valence-electron chi connectivity index (χ2n) is 5.33. The van der Waals surface area contributed by atoms with Gasteiger partial charge in [0.25, 0.3) is 0 Å². The van der Waals surface area contributed by atoms with Crippen molar-refractivity contribution in [2.45, 2.75) is 33.4 Å². The van der Waals surface area contributed by atoms with Crippen LogP contribution in [0.2, 0.25) is 0 Å². The lowest BCUT2D eigenvalue weighted by atomic mass is 10.1. The molecule has 1 aliphatic heterocycles. The summed E-state index contributed by atoms with van der Waals surface area (Å²) in [5, 5.41) is 11.5. The minimum Gasteiger partial charge on any atom is -0.375 e. The molecule has 2 aromatic rings. The Kier molecular flexibility index (Phi) is 4.10. The van der Waals surface area contributed by atoms with Crippen molar-refractivity contribution in [3.63, 3.8) is 0 Å². The monoisotopic (exact) mass is 288 g/mol. The number of nitrogens with one attached hydrogen (secondary N) is 1. The molecule has 0 unspecified atom stereocenters. The lowest BCUT2D eigenvalue weighted by Gasteiger charge is -2.14. The highest BCUT2D eigenvalue weighted by Gasteiger charge is 2.20. The number of fused-ring (bicyclic) bond motifs is 1. The van der Waals surface area contributed by atoms with Crippen molar-refractivity contribution in [2.24, 2.45) is 5.92 Å². The van der Waals surface area contributed by atoms with Crippen molar-refractivity contribution in [1.29, 1.82) is 0 Å². The Balaban J connectivity index is 1.60. The molecule has 0 fully saturated rings. The van der Waals surface area contributed by atoms with Crippen molar-refractivity contribution >= 4 is 5.95 Å². The van der Waals surface area contributed by atoms with Crippen molar-refractivity contribution in [3.05, 3.63) is 29.3 Å². The van der Waals surface area contributed by atoms with E-state index in [2.05, 4.69) is 32.5 Å². The van der Waals surface area contributed by atoms with E-state index in [0.29, 0.717) is 25.1 Å². The summed E-state index contributed by atoms with van der Waals surface area (Å²) in [4.78, 5) is 8.62. The van der Waals surface area contributed by atoms with E-state index >= 15 is 0 Å². The third-order valence-electron chi connectivity index (χ3n) is 3.72. The predicted molar refractivity (Wildman–Crippen MR) is 77.8 cm³/mol. The van der Waals surface area contributed by atoms with Crippen LogP contribution in [0.25, 0.3) is 0 Å². The number of aromatic nitrogens is 5. The molecule has 0 saturated heterocycles. The van der Waals surface area contributed by atoms with Gasteiger partial charge in [0.05, 0.1) is 24.6 Å². The highest BCUT2D eigenvalue weighted by atomic mass is 16.5. The van der Waals surface area contributed by atoms with Gasteiger partial charge in [-0.05, 0) is 18.9 Å². The van der Waals surface area contributed by atoms with Gasteiger partial charge in [-0.25, -0.2) is 14.6 Å². The van der Waals surface area contributed by atoms with E-state index in [1.807, 2.05) is 24.0 Å². The number of hydrogen-bond donors (Lipinski definition) is 1. The molecule has 0 amide bonds. The van der Waals surface area contributed by atoms with Crippen LogP contribution in [0.5, 0.6) is 0 Å². The Bertz CT molecular complexity index is 594. The molecular formula is C14H20N6O. The number of anilines is 1. The van der Waals surface area contributed by atoms with Crippen molar-refractivity contribution in [1.82, 2.24) is 25.0 Å². The number of rotatable bonds is 4. The van der Waals surface area contributed by atoms with Crippen LogP contribution in [0.3, 0.4) is 0 Å². The highest BCUT2D eigenvalue weighted by Crippen LogP contribution is 2.15. The van der Waals surface area contributed by atoms with Gasteiger partial charge in [0.1, 0.15) is 0 Å². The van der Waals surface area contributed by atoms with E-state index in [1.54, 1.807) is 0 Å². The summed E-state index contributed by atoms with van der Waals surface area (Å²) in [6, 6.07) is 0. The zero-order valence-corrected chi connectivity index (χ0v) is 12.4. The fourth-order valence-electron chi connectivity index (χ4n) is 2.35. The van der Waals surface area contributed by atoms with Crippen LogP contribution < -0.4 is 5.32 Å². The first kappa shape index (κ1) is 13.9. The van der Waals surface area contributed by atoms with E-state index in [0.717, 1.165) is 36.5 Å². The van der Waals surface area contributed by atoms with Gasteiger partial charge < -0.3 is 10.1 Å². The SMILES string of the molecule is CCc1cnc(NC[C@@H]2COCc3c(C)nnn3C2)nc1. The molecule has 0 saturated carbocycles. The average molecular weight is 288 g/mol. The Labute approximate surface area is 123 Å². The molecule has 0 aromatic carbocycles. The molecule has 7 heteroatoms. The lowest BCUT2D eigenvalue weighted by Crippen LogP contribution is -2.23. The van der Waals surface area contributed by atoms with Crippen LogP contribution in [0.1, 0.15) is 23.9 Å². The third kappa shape index (κ3) is 3.18. The zero-order valence-electron chi connectivity index (χ0n) is 12.4. The summed E-state index contributed by atoms with van der Waals surface area (Å²) in [5.74, 6) is 0.980. The smallest absolute Gasteiger partial charge is 0.222 e. The Morgan fingerprint density at radius 2 is 2.19 bits per heavy atom. The Morgan fingerprint density at radius 1 is 1.38 bits per heavy atom. The maximum Gasteiger partial charge on any atom is 0.222 e. The molecule has 3 rings (SSSR count). The van der Waals surface area contributed by atoms with Gasteiger partial charge in [0.15, 0.2) is 0 Å². The highest BCUT2D eigenvalue weighted by molar-refractivity contribution is 5.24. The summed E-state index contributed by atoms with van der Waals surface area (Å²) in [7, 11) is 0. The predicted octanol–water partition coefficient (Wildman–Crippen LogP) is 1.20. The second-order valence-corrected chi connectivity index (χ2v) is 5.33. The van der Waals surface area contributed by atoms with Crippen LogP contribution in [0, 0.1) is 12.8 Å². The van der Waals surface area contributed by atoms with Crippen LogP contribution in [0.15, 0.2) is 12.4 Å². The quantitative estimate of drug-likeness (QED) is 0.911. The van der Waals surface area contributed by atoms with Crippen LogP contribution in [0.4, 0.5) is 5.95 Å². The summed E-state index contributed by atoms with van der Waals surface area (Å²) in [5.41, 5.74) is 3.16. The first-order valence-electron chi connectivity index (χ1n) is 7.27. The van der Waals surface area contributed by atoms with E-state index in [1.165, 1.54) is 0 Å². The number of aryl methyl sites for hydroxylation is 2. The first-order valence-corrected chi connectivity index (χ1v) is 7.27. The van der Waals surface area contributed by atoms with Gasteiger partial charge in [0.2, 0.25) is 5.95 Å². The van der Waals surface area contributed by atoms with Crippen molar-refractivity contribution in [2.75, 3.05) is 18.5 Å². The molecule has 3 heterocycles. The molecular weight excluding hydrogens is 268 g/mol. The van der Waals surface area contributed by atoms with Gasteiger partial charge in [-0.1, -0.05) is 12.1 Å². The molecule has 0 radical (unpaired) electrons. The minimum atomic E-state index is 0.321. The molecule has 21 heavy (non-hydrogen) atoms. The molecule has 0 bridgehead atoms. The average Bonchev–Trinajstić information content (AvgIpc) is 2.75. The number of nitrogens with zero attached hydrogens (tertiary/aromatic N) is 5. The summed E-state index contributed by atoms with van der Waals surface area (Å²) in [6.07, 6.45) is 4.67. The standard InChI is InChI=1S/C14H20N6O/c1-3-11-4-15-14(16-5-11)17-6-12-7-20-13(9-21-8-12)10(2)18-19-20/h4-5,12H,3,6-9H2,1-2H3,(H,15,16,17)/t12-/m0/s1. The van der Waals surface area contributed by atoms with Gasteiger partial charge in [0, 0.05) is 31.4 Å². The van der Waals surface area contributed by atoms with E-state index in [-0.39, 0.29) is 0 Å². The molecule has 112 valence electrons. The van der Waals surface area contributed by atoms with E-state index in [4.69, 9.17) is 4.74 Å². The summed E-state index contributed by atoms with van der Waals surface area (Å²) >= 11 is 0. The minimum absolute atomic E-state index is 0.321. The second kappa shape index (κ2) is 6.17. The fourth-order valence-corrected chi connectivity index (χ4v) is 2.35. The molecule has 0 spiro atoms. The molecule has 2 aromatic heterocycles. The van der Waals surface area contributed by atoms with Gasteiger partial charge in [-0.3, -0.25) is 0 Å². The third-order valence-corrected chi connectivity index (χ3v) is 3.72. The Morgan fingerprint density at radius 3 is 2.95 bits per heavy atom. The maximum atomic E-state index is 5.72. The maximum absolute atomic E-state index is 5.72. The van der Waals surface area contributed by atoms with Crippen LogP contribution in [-0.4, -0.2) is 38.1 Å². The van der Waals surface area contributed by atoms with Crippen LogP contribution >= 0.6 is 0 Å².